The number of ether oxygens (including phenoxy) is 1. The Bertz CT molecular complexity index is 705. The summed E-state index contributed by atoms with van der Waals surface area (Å²) in [6, 6.07) is 14.0. The Morgan fingerprint density at radius 1 is 0.846 bits per heavy atom. The second-order valence-corrected chi connectivity index (χ2v) is 6.37. The lowest BCUT2D eigenvalue weighted by Crippen LogP contribution is -2.11. The van der Waals surface area contributed by atoms with Gasteiger partial charge >= 0.3 is 0 Å². The average molecular weight is 353 g/mol. The fraction of sp³-hybridized carbons (Fsp3) is 0.364. The topological polar surface area (TPSA) is 55.4 Å². The molecule has 4 nitrogen and oxygen atoms in total. The molecule has 0 unspecified atom stereocenters. The fourth-order valence-corrected chi connectivity index (χ4v) is 2.59. The highest BCUT2D eigenvalue weighted by Crippen LogP contribution is 2.16. The minimum Gasteiger partial charge on any atom is -0.494 e. The zero-order chi connectivity index (χ0) is 18.8. The number of amides is 1. The van der Waals surface area contributed by atoms with Crippen LogP contribution in [0.3, 0.4) is 0 Å². The van der Waals surface area contributed by atoms with Crippen molar-refractivity contribution in [2.75, 3.05) is 11.9 Å². The summed E-state index contributed by atoms with van der Waals surface area (Å²) in [6.07, 6.45) is 6.02. The first kappa shape index (κ1) is 19.7. The Morgan fingerprint density at radius 2 is 1.46 bits per heavy atom. The molecule has 0 saturated carbocycles. The van der Waals surface area contributed by atoms with Gasteiger partial charge in [0.05, 0.1) is 6.61 Å². The molecule has 1 N–H and O–H groups in total. The molecular weight excluding hydrogens is 326 g/mol. The van der Waals surface area contributed by atoms with Gasteiger partial charge in [-0.15, -0.1) is 0 Å². The van der Waals surface area contributed by atoms with Crippen molar-refractivity contribution in [3.05, 3.63) is 59.7 Å². The molecule has 0 heterocycles. The van der Waals surface area contributed by atoms with E-state index >= 15 is 0 Å². The van der Waals surface area contributed by atoms with Crippen molar-refractivity contribution in [2.24, 2.45) is 0 Å². The van der Waals surface area contributed by atoms with Crippen LogP contribution in [0, 0.1) is 0 Å². The molecule has 0 spiro atoms. The minimum atomic E-state index is -0.188. The molecule has 138 valence electrons. The van der Waals surface area contributed by atoms with Crippen LogP contribution < -0.4 is 10.1 Å². The van der Waals surface area contributed by atoms with Crippen LogP contribution in [-0.2, 0) is 0 Å². The summed E-state index contributed by atoms with van der Waals surface area (Å²) in [4.78, 5) is 23.6. The van der Waals surface area contributed by atoms with Crippen molar-refractivity contribution >= 4 is 17.4 Å². The molecule has 0 radical (unpaired) electrons. The van der Waals surface area contributed by atoms with E-state index in [9.17, 15) is 9.59 Å². The van der Waals surface area contributed by atoms with E-state index in [0.717, 1.165) is 12.2 Å². The average Bonchev–Trinajstić information content (AvgIpc) is 2.65. The molecule has 0 aromatic heterocycles. The molecule has 1 amide bonds. The number of unbranched alkanes of at least 4 members (excludes halogenated alkanes) is 4. The Hall–Kier alpha value is -2.62. The maximum atomic E-state index is 12.3. The van der Waals surface area contributed by atoms with E-state index in [0.29, 0.717) is 23.4 Å². The van der Waals surface area contributed by atoms with Crippen molar-refractivity contribution < 1.29 is 14.3 Å². The van der Waals surface area contributed by atoms with Crippen LogP contribution in [0.5, 0.6) is 5.75 Å². The third kappa shape index (κ3) is 6.36. The van der Waals surface area contributed by atoms with Crippen molar-refractivity contribution in [1.29, 1.82) is 0 Å². The Morgan fingerprint density at radius 3 is 2.08 bits per heavy atom. The monoisotopic (exact) mass is 353 g/mol. The van der Waals surface area contributed by atoms with Gasteiger partial charge in [-0.05, 0) is 61.9 Å². The second-order valence-electron chi connectivity index (χ2n) is 6.37. The van der Waals surface area contributed by atoms with Crippen LogP contribution in [0.2, 0.25) is 0 Å². The largest absolute Gasteiger partial charge is 0.494 e. The highest BCUT2D eigenvalue weighted by atomic mass is 16.5. The van der Waals surface area contributed by atoms with E-state index < -0.39 is 0 Å². The maximum absolute atomic E-state index is 12.3. The van der Waals surface area contributed by atoms with Gasteiger partial charge in [0.1, 0.15) is 5.75 Å². The normalized spacial score (nSPS) is 10.4. The van der Waals surface area contributed by atoms with E-state index in [2.05, 4.69) is 12.2 Å². The van der Waals surface area contributed by atoms with Gasteiger partial charge in [0.2, 0.25) is 0 Å². The summed E-state index contributed by atoms with van der Waals surface area (Å²) in [5.74, 6) is 0.596. The number of carbonyl (C=O) groups excluding carboxylic acids is 2. The molecule has 0 bridgehead atoms. The first-order valence-corrected chi connectivity index (χ1v) is 9.25. The van der Waals surface area contributed by atoms with Gasteiger partial charge in [0, 0.05) is 16.8 Å². The number of benzene rings is 2. The SMILES string of the molecule is CCCCCCCOc1ccc(C(=O)Nc2ccc(C(C)=O)cc2)cc1. The summed E-state index contributed by atoms with van der Waals surface area (Å²) in [7, 11) is 0. The van der Waals surface area contributed by atoms with E-state index in [-0.39, 0.29) is 11.7 Å². The minimum absolute atomic E-state index is 0.00355. The number of hydrogen-bond acceptors (Lipinski definition) is 3. The summed E-state index contributed by atoms with van der Waals surface area (Å²) in [5, 5.41) is 2.82. The molecule has 0 aliphatic rings. The predicted molar refractivity (Wildman–Crippen MR) is 105 cm³/mol. The lowest BCUT2D eigenvalue weighted by Gasteiger charge is -2.08. The fourth-order valence-electron chi connectivity index (χ4n) is 2.59. The zero-order valence-electron chi connectivity index (χ0n) is 15.6. The lowest BCUT2D eigenvalue weighted by molar-refractivity contribution is 0.101. The van der Waals surface area contributed by atoms with E-state index in [1.807, 2.05) is 12.1 Å². The zero-order valence-corrected chi connectivity index (χ0v) is 15.6. The van der Waals surface area contributed by atoms with Crippen molar-refractivity contribution in [1.82, 2.24) is 0 Å². The molecule has 0 aliphatic heterocycles. The van der Waals surface area contributed by atoms with Crippen LogP contribution in [0.4, 0.5) is 5.69 Å². The lowest BCUT2D eigenvalue weighted by atomic mass is 10.1. The molecule has 0 fully saturated rings. The first-order valence-electron chi connectivity index (χ1n) is 9.25. The van der Waals surface area contributed by atoms with Crippen LogP contribution in [-0.4, -0.2) is 18.3 Å². The highest BCUT2D eigenvalue weighted by Gasteiger charge is 2.07. The van der Waals surface area contributed by atoms with Crippen LogP contribution in [0.25, 0.3) is 0 Å². The van der Waals surface area contributed by atoms with Gasteiger partial charge in [-0.25, -0.2) is 0 Å². The number of hydrogen-bond donors (Lipinski definition) is 1. The number of rotatable bonds is 10. The van der Waals surface area contributed by atoms with Gasteiger partial charge in [0.25, 0.3) is 5.91 Å². The quantitative estimate of drug-likeness (QED) is 0.454. The van der Waals surface area contributed by atoms with Gasteiger partial charge in [-0.2, -0.15) is 0 Å². The third-order valence-electron chi connectivity index (χ3n) is 4.18. The highest BCUT2D eigenvalue weighted by molar-refractivity contribution is 6.04. The number of ketones is 1. The molecule has 0 aliphatic carbocycles. The molecule has 2 rings (SSSR count). The standard InChI is InChI=1S/C22H27NO3/c1-3-4-5-6-7-16-26-21-14-10-19(11-15-21)22(25)23-20-12-8-18(9-13-20)17(2)24/h8-15H,3-7,16H2,1-2H3,(H,23,25). The van der Waals surface area contributed by atoms with Crippen molar-refractivity contribution in [2.45, 2.75) is 46.0 Å². The summed E-state index contributed by atoms with van der Waals surface area (Å²) in [5.41, 5.74) is 1.85. The Labute approximate surface area is 155 Å². The summed E-state index contributed by atoms with van der Waals surface area (Å²) in [6.45, 7) is 4.43. The van der Waals surface area contributed by atoms with E-state index in [1.165, 1.54) is 32.6 Å². The molecular formula is C22H27NO3. The Balaban J connectivity index is 1.81. The molecule has 2 aromatic carbocycles. The van der Waals surface area contributed by atoms with E-state index in [1.54, 1.807) is 36.4 Å². The van der Waals surface area contributed by atoms with Crippen LogP contribution >= 0.6 is 0 Å². The molecule has 4 heteroatoms. The Kier molecular flexibility index (Phi) is 7.87. The predicted octanol–water partition coefficient (Wildman–Crippen LogP) is 5.49. The number of anilines is 1. The van der Waals surface area contributed by atoms with Gasteiger partial charge in [0.15, 0.2) is 5.78 Å². The summed E-state index contributed by atoms with van der Waals surface area (Å²) >= 11 is 0. The second kappa shape index (κ2) is 10.4. The van der Waals surface area contributed by atoms with Gasteiger partial charge < -0.3 is 10.1 Å². The van der Waals surface area contributed by atoms with Crippen molar-refractivity contribution in [3.63, 3.8) is 0 Å². The van der Waals surface area contributed by atoms with Crippen molar-refractivity contribution in [3.8, 4) is 5.75 Å². The maximum Gasteiger partial charge on any atom is 0.255 e. The molecule has 2 aromatic rings. The summed E-state index contributed by atoms with van der Waals surface area (Å²) < 4.78 is 5.71. The van der Waals surface area contributed by atoms with Crippen LogP contribution in [0.1, 0.15) is 66.7 Å². The van der Waals surface area contributed by atoms with E-state index in [4.69, 9.17) is 4.74 Å². The smallest absolute Gasteiger partial charge is 0.255 e. The van der Waals surface area contributed by atoms with Crippen LogP contribution in [0.15, 0.2) is 48.5 Å². The van der Waals surface area contributed by atoms with Gasteiger partial charge in [-0.1, -0.05) is 32.6 Å². The molecule has 0 atom stereocenters. The number of nitrogens with one attached hydrogen (secondary N) is 1. The first-order chi connectivity index (χ1) is 12.6. The number of carbonyl (C=O) groups is 2. The molecule has 26 heavy (non-hydrogen) atoms. The number of Topliss-reactive ketones (excluding diaryl/α,β-unsaturated/α-hetero) is 1. The van der Waals surface area contributed by atoms with Gasteiger partial charge in [-0.3, -0.25) is 9.59 Å². The third-order valence-corrected chi connectivity index (χ3v) is 4.18. The molecule has 0 saturated heterocycles.